The number of aromatic nitrogens is 2. The van der Waals surface area contributed by atoms with E-state index in [0.717, 1.165) is 6.42 Å². The fourth-order valence-electron chi connectivity index (χ4n) is 1.85. The van der Waals surface area contributed by atoms with Crippen LogP contribution in [0.25, 0.3) is 4.96 Å². The maximum Gasteiger partial charge on any atom is 0.260 e. The highest BCUT2D eigenvalue weighted by Crippen LogP contribution is 2.25. The number of hydrogen-bond acceptors (Lipinski definition) is 5. The Morgan fingerprint density at radius 3 is 2.85 bits per heavy atom. The Labute approximate surface area is 123 Å². The molecule has 2 N–H and O–H groups in total. The van der Waals surface area contributed by atoms with Crippen LogP contribution in [-0.4, -0.2) is 30.9 Å². The largest absolute Gasteiger partial charge is 0.368 e. The minimum atomic E-state index is -3.57. The molecule has 0 aliphatic carbocycles. The smallest absolute Gasteiger partial charge is 0.260 e. The molecule has 2 rings (SSSR count). The third-order valence-electron chi connectivity index (χ3n) is 2.83. The van der Waals surface area contributed by atoms with E-state index in [4.69, 9.17) is 0 Å². The lowest BCUT2D eigenvalue weighted by atomic mass is 10.1. The van der Waals surface area contributed by atoms with Crippen LogP contribution >= 0.6 is 11.3 Å². The first-order chi connectivity index (χ1) is 9.45. The fourth-order valence-corrected chi connectivity index (χ4v) is 3.93. The lowest BCUT2D eigenvalue weighted by molar-refractivity contribution is 0.549. The maximum absolute atomic E-state index is 12.5. The molecule has 0 aliphatic heterocycles. The number of rotatable bonds is 7. The number of hydrogen-bond donors (Lipinski definition) is 2. The molecular weight excluding hydrogens is 296 g/mol. The lowest BCUT2D eigenvalue weighted by Crippen LogP contribution is -2.27. The van der Waals surface area contributed by atoms with Gasteiger partial charge in [-0.05, 0) is 19.3 Å². The van der Waals surface area contributed by atoms with E-state index < -0.39 is 10.0 Å². The Balaban J connectivity index is 2.33. The number of fused-ring (bicyclic) bond motifs is 1. The molecule has 0 unspecified atom stereocenters. The van der Waals surface area contributed by atoms with Crippen LogP contribution < -0.4 is 10.0 Å². The molecule has 0 amide bonds. The quantitative estimate of drug-likeness (QED) is 0.821. The first-order valence-electron chi connectivity index (χ1n) is 6.64. The van der Waals surface area contributed by atoms with Crippen LogP contribution in [0, 0.1) is 5.92 Å². The molecular formula is C12H20N4O2S2. The monoisotopic (exact) mass is 316 g/mol. The van der Waals surface area contributed by atoms with Crippen molar-refractivity contribution in [3.8, 4) is 0 Å². The number of thiazole rings is 1. The van der Waals surface area contributed by atoms with Crippen molar-refractivity contribution < 1.29 is 8.42 Å². The Hall–Kier alpha value is -1.12. The van der Waals surface area contributed by atoms with Gasteiger partial charge in [0.2, 0.25) is 0 Å². The first-order valence-corrected chi connectivity index (χ1v) is 9.01. The molecule has 0 fully saturated rings. The van der Waals surface area contributed by atoms with Crippen molar-refractivity contribution >= 4 is 32.1 Å². The van der Waals surface area contributed by atoms with E-state index in [9.17, 15) is 8.42 Å². The molecule has 0 bridgehead atoms. The average Bonchev–Trinajstić information content (AvgIpc) is 2.87. The van der Waals surface area contributed by atoms with Crippen LogP contribution in [0.2, 0.25) is 0 Å². The van der Waals surface area contributed by atoms with Gasteiger partial charge in [-0.25, -0.2) is 18.1 Å². The van der Waals surface area contributed by atoms with Crippen LogP contribution in [0.4, 0.5) is 5.82 Å². The lowest BCUT2D eigenvalue weighted by Gasteiger charge is -2.09. The van der Waals surface area contributed by atoms with Crippen LogP contribution in [0.15, 0.2) is 16.6 Å². The highest BCUT2D eigenvalue weighted by Gasteiger charge is 2.25. The van der Waals surface area contributed by atoms with Gasteiger partial charge in [0.25, 0.3) is 10.0 Å². The van der Waals surface area contributed by atoms with Crippen molar-refractivity contribution in [2.75, 3.05) is 18.4 Å². The predicted molar refractivity (Wildman–Crippen MR) is 81.9 cm³/mol. The number of sulfonamides is 1. The zero-order valence-electron chi connectivity index (χ0n) is 11.9. The molecule has 0 spiro atoms. The summed E-state index contributed by atoms with van der Waals surface area (Å²) in [5.74, 6) is 0.869. The van der Waals surface area contributed by atoms with Gasteiger partial charge in [-0.3, -0.25) is 4.40 Å². The molecule has 2 aromatic rings. The highest BCUT2D eigenvalue weighted by atomic mass is 32.2. The van der Waals surface area contributed by atoms with Crippen LogP contribution in [-0.2, 0) is 10.0 Å². The van der Waals surface area contributed by atoms with E-state index in [1.54, 1.807) is 10.6 Å². The summed E-state index contributed by atoms with van der Waals surface area (Å²) in [6, 6.07) is 0. The summed E-state index contributed by atoms with van der Waals surface area (Å²) >= 11 is 1.41. The molecule has 0 atom stereocenters. The first kappa shape index (κ1) is 15.3. The van der Waals surface area contributed by atoms with Gasteiger partial charge >= 0.3 is 0 Å². The SMILES string of the molecule is CCNc1nc2sccn2c1S(=O)(=O)NCCC(C)C. The topological polar surface area (TPSA) is 75.5 Å². The fraction of sp³-hybridized carbons (Fsp3) is 0.583. The van der Waals surface area contributed by atoms with Crippen molar-refractivity contribution in [2.24, 2.45) is 5.92 Å². The predicted octanol–water partition coefficient (Wildman–Crippen LogP) is 2.15. The summed E-state index contributed by atoms with van der Waals surface area (Å²) < 4.78 is 29.2. The minimum Gasteiger partial charge on any atom is -0.368 e. The normalized spacial score (nSPS) is 12.4. The van der Waals surface area contributed by atoms with Gasteiger partial charge < -0.3 is 5.32 Å². The van der Waals surface area contributed by atoms with Gasteiger partial charge in [-0.2, -0.15) is 0 Å². The number of anilines is 1. The molecule has 8 heteroatoms. The molecule has 20 heavy (non-hydrogen) atoms. The molecule has 0 aromatic carbocycles. The summed E-state index contributed by atoms with van der Waals surface area (Å²) in [5.41, 5.74) is 0. The van der Waals surface area contributed by atoms with Gasteiger partial charge in [-0.15, -0.1) is 11.3 Å². The van der Waals surface area contributed by atoms with Crippen molar-refractivity contribution in [1.29, 1.82) is 0 Å². The molecule has 0 aliphatic rings. The van der Waals surface area contributed by atoms with Gasteiger partial charge in [0.1, 0.15) is 0 Å². The zero-order chi connectivity index (χ0) is 14.8. The molecule has 0 saturated carbocycles. The Morgan fingerprint density at radius 2 is 2.20 bits per heavy atom. The van der Waals surface area contributed by atoms with E-state index >= 15 is 0 Å². The molecule has 0 radical (unpaired) electrons. The molecule has 2 aromatic heterocycles. The second-order valence-corrected chi connectivity index (χ2v) is 7.49. The van der Waals surface area contributed by atoms with Crippen molar-refractivity contribution in [3.05, 3.63) is 11.6 Å². The highest BCUT2D eigenvalue weighted by molar-refractivity contribution is 7.89. The van der Waals surface area contributed by atoms with Gasteiger partial charge in [0, 0.05) is 24.7 Å². The van der Waals surface area contributed by atoms with E-state index in [2.05, 4.69) is 28.9 Å². The summed E-state index contributed by atoms with van der Waals surface area (Å²) in [6.07, 6.45) is 2.53. The number of imidazole rings is 1. The van der Waals surface area contributed by atoms with Gasteiger partial charge in [-0.1, -0.05) is 13.8 Å². The van der Waals surface area contributed by atoms with Crippen LogP contribution in [0.5, 0.6) is 0 Å². The van der Waals surface area contributed by atoms with E-state index in [1.807, 2.05) is 12.3 Å². The Morgan fingerprint density at radius 1 is 1.45 bits per heavy atom. The summed E-state index contributed by atoms with van der Waals surface area (Å²) in [5, 5.41) is 5.03. The summed E-state index contributed by atoms with van der Waals surface area (Å²) in [7, 11) is -3.57. The third kappa shape index (κ3) is 3.13. The molecule has 2 heterocycles. The van der Waals surface area contributed by atoms with E-state index in [0.29, 0.717) is 29.8 Å². The second-order valence-electron chi connectivity index (χ2n) is 4.93. The summed E-state index contributed by atoms with van der Waals surface area (Å²) in [6.45, 7) is 7.10. The van der Waals surface area contributed by atoms with Crippen molar-refractivity contribution in [1.82, 2.24) is 14.1 Å². The Bertz CT molecular complexity index is 673. The number of nitrogens with zero attached hydrogens (tertiary/aromatic N) is 2. The van der Waals surface area contributed by atoms with E-state index in [1.165, 1.54) is 11.3 Å². The average molecular weight is 316 g/mol. The number of nitrogens with one attached hydrogen (secondary N) is 2. The van der Waals surface area contributed by atoms with Crippen molar-refractivity contribution in [2.45, 2.75) is 32.2 Å². The molecule has 112 valence electrons. The minimum absolute atomic E-state index is 0.194. The molecule has 0 saturated heterocycles. The standard InChI is InChI=1S/C12H20N4O2S2/c1-4-13-10-11(16-7-8-19-12(16)15-10)20(17,18)14-6-5-9(2)3/h7-9,13-14H,4-6H2,1-3H3. The zero-order valence-corrected chi connectivity index (χ0v) is 13.5. The Kier molecular flexibility index (Phi) is 4.66. The van der Waals surface area contributed by atoms with Gasteiger partial charge in [0.05, 0.1) is 0 Å². The third-order valence-corrected chi connectivity index (χ3v) is 5.07. The second kappa shape index (κ2) is 6.11. The molecule has 6 nitrogen and oxygen atoms in total. The van der Waals surface area contributed by atoms with Crippen LogP contribution in [0.3, 0.4) is 0 Å². The van der Waals surface area contributed by atoms with Crippen molar-refractivity contribution in [3.63, 3.8) is 0 Å². The van der Waals surface area contributed by atoms with Gasteiger partial charge in [0.15, 0.2) is 15.8 Å². The maximum atomic E-state index is 12.5. The van der Waals surface area contributed by atoms with Crippen LogP contribution in [0.1, 0.15) is 27.2 Å². The van der Waals surface area contributed by atoms with E-state index in [-0.39, 0.29) is 5.03 Å². The summed E-state index contributed by atoms with van der Waals surface area (Å²) in [4.78, 5) is 4.99.